The zero-order valence-corrected chi connectivity index (χ0v) is 20.6. The fraction of sp³-hybridized carbons (Fsp3) is 0.739. The van der Waals surface area contributed by atoms with Crippen LogP contribution in [0.4, 0.5) is 33.7 Å². The first kappa shape index (κ1) is 29.1. The molecule has 1 saturated heterocycles. The maximum absolute atomic E-state index is 13.0. The van der Waals surface area contributed by atoms with E-state index in [2.05, 4.69) is 30.3 Å². The van der Waals surface area contributed by atoms with E-state index in [4.69, 9.17) is 0 Å². The first-order chi connectivity index (χ1) is 17.5. The molecule has 37 heavy (non-hydrogen) atoms. The Balaban J connectivity index is 1.68. The second kappa shape index (κ2) is 13.4. The quantitative estimate of drug-likeness (QED) is 0.293. The van der Waals surface area contributed by atoms with E-state index in [9.17, 15) is 31.9 Å². The van der Waals surface area contributed by atoms with E-state index < -0.39 is 31.2 Å². The lowest BCUT2D eigenvalue weighted by Crippen LogP contribution is -2.37. The van der Waals surface area contributed by atoms with Crippen LogP contribution >= 0.6 is 0 Å². The number of nitrogens with zero attached hydrogens (tertiary/aromatic N) is 4. The largest absolute Gasteiger partial charge is 0.393 e. The van der Waals surface area contributed by atoms with Crippen molar-refractivity contribution in [2.24, 2.45) is 10.9 Å². The van der Waals surface area contributed by atoms with Crippen LogP contribution in [-0.2, 0) is 4.74 Å². The van der Waals surface area contributed by atoms with Crippen molar-refractivity contribution in [3.05, 3.63) is 11.8 Å². The Morgan fingerprint density at radius 3 is 2.70 bits per heavy atom. The van der Waals surface area contributed by atoms with E-state index in [0.29, 0.717) is 32.4 Å². The van der Waals surface area contributed by atoms with Crippen LogP contribution in [0.3, 0.4) is 0 Å². The van der Waals surface area contributed by atoms with Crippen LogP contribution in [0.5, 0.6) is 0 Å². The number of anilines is 1. The molecular weight excluding hydrogens is 503 g/mol. The summed E-state index contributed by atoms with van der Waals surface area (Å²) in [5.74, 6) is -0.252. The lowest BCUT2D eigenvalue weighted by Gasteiger charge is -2.22. The second-order valence-corrected chi connectivity index (χ2v) is 9.54. The van der Waals surface area contributed by atoms with Gasteiger partial charge in [-0.2, -0.15) is 26.9 Å². The molecule has 0 spiro atoms. The topological polar surface area (TPSA) is 112 Å². The second-order valence-electron chi connectivity index (χ2n) is 9.54. The number of amides is 1. The van der Waals surface area contributed by atoms with Gasteiger partial charge in [-0.15, -0.1) is 0 Å². The summed E-state index contributed by atoms with van der Waals surface area (Å²) in [5.41, 5.74) is 0.0860. The predicted octanol–water partition coefficient (Wildman–Crippen LogP) is 3.53. The number of alkyl halides is 5. The molecule has 9 nitrogen and oxygen atoms in total. The molecule has 1 aromatic rings. The Morgan fingerprint density at radius 1 is 1.30 bits per heavy atom. The van der Waals surface area contributed by atoms with Crippen molar-refractivity contribution in [3.63, 3.8) is 0 Å². The predicted molar refractivity (Wildman–Crippen MR) is 126 cm³/mol. The molecule has 3 N–H and O–H groups in total. The van der Waals surface area contributed by atoms with Gasteiger partial charge in [-0.1, -0.05) is 0 Å². The molecule has 2 heterocycles. The molecule has 1 aromatic heterocycles. The average molecular weight is 537 g/mol. The third-order valence-electron chi connectivity index (χ3n) is 6.33. The Hall–Kier alpha value is -2.45. The molecule has 1 aliphatic heterocycles. The number of likely N-dealkylation sites (tertiary alicyclic amines) is 1. The fourth-order valence-electron chi connectivity index (χ4n) is 4.31. The number of hydrogen-bond donors (Lipinski definition) is 3. The maximum atomic E-state index is 13.0. The molecule has 0 unspecified atom stereocenters. The molecule has 208 valence electrons. The number of nitrogens with one attached hydrogen (secondary N) is 2. The Bertz CT molecular complexity index is 911. The van der Waals surface area contributed by atoms with Gasteiger partial charge in [0.1, 0.15) is 5.56 Å². The first-order valence-electron chi connectivity index (χ1n) is 12.3. The summed E-state index contributed by atoms with van der Waals surface area (Å²) in [5, 5.41) is 15.4. The molecular formula is C23H33F5N6O3. The van der Waals surface area contributed by atoms with E-state index in [1.54, 1.807) is 18.0 Å². The molecule has 0 bridgehead atoms. The molecule has 1 aliphatic carbocycles. The number of halogens is 5. The van der Waals surface area contributed by atoms with Gasteiger partial charge in [0.2, 0.25) is 5.95 Å². The molecule has 2 fully saturated rings. The minimum absolute atomic E-state index is 0.0762. The molecule has 3 rings (SSSR count). The molecule has 1 amide bonds. The minimum atomic E-state index is -4.24. The van der Waals surface area contributed by atoms with E-state index in [1.165, 1.54) is 6.20 Å². The summed E-state index contributed by atoms with van der Waals surface area (Å²) in [4.78, 5) is 27.5. The molecule has 0 aromatic carbocycles. The zero-order chi connectivity index (χ0) is 27.0. The highest BCUT2D eigenvalue weighted by Crippen LogP contribution is 2.25. The number of aliphatic imine (C=N–C) groups is 1. The number of aliphatic hydroxyl groups excluding tert-OH is 1. The van der Waals surface area contributed by atoms with Gasteiger partial charge in [-0.3, -0.25) is 4.79 Å². The fourth-order valence-corrected chi connectivity index (χ4v) is 4.31. The van der Waals surface area contributed by atoms with Crippen LogP contribution in [0.25, 0.3) is 0 Å². The van der Waals surface area contributed by atoms with Gasteiger partial charge in [-0.05, 0) is 44.9 Å². The summed E-state index contributed by atoms with van der Waals surface area (Å²) in [6.07, 6.45) is 0.763. The number of carbonyl (C=O) groups excluding carboxylic acids is 1. The first-order valence-corrected chi connectivity index (χ1v) is 12.3. The number of ether oxygens (including phenoxy) is 1. The highest BCUT2D eigenvalue weighted by atomic mass is 19.4. The normalized spacial score (nSPS) is 24.1. The summed E-state index contributed by atoms with van der Waals surface area (Å²) in [6, 6.07) is -0.881. The molecule has 0 radical (unpaired) electrons. The Morgan fingerprint density at radius 2 is 2.03 bits per heavy atom. The molecule has 2 atom stereocenters. The van der Waals surface area contributed by atoms with E-state index in [0.717, 1.165) is 12.8 Å². The highest BCUT2D eigenvalue weighted by molar-refractivity contribution is 5.98. The monoisotopic (exact) mass is 536 g/mol. The summed E-state index contributed by atoms with van der Waals surface area (Å²) in [7, 11) is 0. The van der Waals surface area contributed by atoms with Gasteiger partial charge in [-0.25, -0.2) is 9.98 Å². The Kier molecular flexibility index (Phi) is 10.5. The number of carbonyl (C=O) groups is 1. The number of hydrogen-bond acceptors (Lipinski definition) is 8. The third-order valence-corrected chi connectivity index (χ3v) is 6.33. The van der Waals surface area contributed by atoms with Crippen LogP contribution in [0, 0.1) is 5.92 Å². The lowest BCUT2D eigenvalue weighted by molar-refractivity contribution is -0.137. The van der Waals surface area contributed by atoms with Gasteiger partial charge < -0.3 is 25.4 Å². The Labute approximate surface area is 211 Å². The highest BCUT2D eigenvalue weighted by Gasteiger charge is 2.31. The number of rotatable bonds is 11. The molecule has 14 heteroatoms. The van der Waals surface area contributed by atoms with Crippen molar-refractivity contribution in [2.75, 3.05) is 31.6 Å². The molecule has 1 saturated carbocycles. The molecule has 2 aliphatic rings. The van der Waals surface area contributed by atoms with Crippen molar-refractivity contribution in [3.8, 4) is 0 Å². The standard InChI is InChI=1S/C23H33F5N6O3/c1-14(13-37-21(24)25)31-22-30-11-18(19(33-22)29-10-15-2-4-17(35)5-3-15)20(36)32-16-6-8-34(12-16)9-7-23(26,27)28/h10-11,14-17,21,35H,2-9,12-13H2,1H3,(H,32,36)(H,30,31,33)/b29-10-/t14-,15?,16-,17?/m0/s1. The number of aliphatic hydroxyl groups is 1. The number of aromatic nitrogens is 2. The van der Waals surface area contributed by atoms with Crippen molar-refractivity contribution in [2.45, 2.75) is 76.4 Å². The van der Waals surface area contributed by atoms with Crippen molar-refractivity contribution in [1.29, 1.82) is 0 Å². The van der Waals surface area contributed by atoms with Gasteiger partial charge in [0.05, 0.1) is 19.1 Å². The van der Waals surface area contributed by atoms with Crippen LogP contribution in [0.15, 0.2) is 11.2 Å². The SMILES string of the molecule is C[C@@H](COC(F)F)Nc1ncc(C(=O)N[C@H]2CCN(CCC(F)(F)F)C2)c(/N=C\C2CCC(O)CC2)n1. The maximum Gasteiger partial charge on any atom is 0.390 e. The summed E-state index contributed by atoms with van der Waals surface area (Å²) >= 11 is 0. The van der Waals surface area contributed by atoms with E-state index in [-0.39, 0.29) is 48.5 Å². The van der Waals surface area contributed by atoms with Crippen molar-refractivity contribution in [1.82, 2.24) is 20.2 Å². The van der Waals surface area contributed by atoms with Crippen LogP contribution < -0.4 is 10.6 Å². The van der Waals surface area contributed by atoms with Gasteiger partial charge in [0.25, 0.3) is 5.91 Å². The van der Waals surface area contributed by atoms with Gasteiger partial charge >= 0.3 is 12.8 Å². The van der Waals surface area contributed by atoms with Gasteiger partial charge in [0, 0.05) is 44.1 Å². The van der Waals surface area contributed by atoms with E-state index >= 15 is 0 Å². The van der Waals surface area contributed by atoms with Gasteiger partial charge in [0.15, 0.2) is 5.82 Å². The zero-order valence-electron chi connectivity index (χ0n) is 20.6. The minimum Gasteiger partial charge on any atom is -0.393 e. The van der Waals surface area contributed by atoms with Crippen molar-refractivity contribution >= 4 is 23.9 Å². The third kappa shape index (κ3) is 10.1. The van der Waals surface area contributed by atoms with Crippen LogP contribution in [0.2, 0.25) is 0 Å². The van der Waals surface area contributed by atoms with E-state index in [1.807, 2.05) is 0 Å². The smallest absolute Gasteiger partial charge is 0.390 e. The summed E-state index contributed by atoms with van der Waals surface area (Å²) < 4.78 is 66.5. The van der Waals surface area contributed by atoms with Crippen LogP contribution in [0.1, 0.15) is 55.8 Å². The lowest BCUT2D eigenvalue weighted by atomic mass is 9.88. The average Bonchev–Trinajstić information content (AvgIpc) is 3.28. The van der Waals surface area contributed by atoms with Crippen LogP contribution in [-0.4, -0.2) is 89.3 Å². The van der Waals surface area contributed by atoms with Crippen molar-refractivity contribution < 1.29 is 36.6 Å². The summed E-state index contributed by atoms with van der Waals surface area (Å²) in [6.45, 7) is -0.986.